The highest BCUT2D eigenvalue weighted by Gasteiger charge is 2.22. The molecule has 3 aromatic carbocycles. The standard InChI is InChI=1S/C29H31F2N3O3S/c1-2-19-6-5-7-20(12-19)17-32-18-27(35)25(15-21-13-22(30)16-23(31)14-21)33-28(36)10-11-34-26-9-4-3-8-24(26)29(37)38-34/h3-9,12-14,16,25,27,32,35H,2,10-11,15,17-18H2,1H3,(H,33,36)/t25-,27+/m0/s1. The molecule has 0 unspecified atom stereocenters. The summed E-state index contributed by atoms with van der Waals surface area (Å²) >= 11 is 1.05. The smallest absolute Gasteiger partial charge is 0.257 e. The van der Waals surface area contributed by atoms with Crippen LogP contribution in [0.4, 0.5) is 8.78 Å². The Bertz CT molecular complexity index is 1430. The molecule has 6 nitrogen and oxygen atoms in total. The number of nitrogens with zero attached hydrogens (tertiary/aromatic N) is 1. The molecular weight excluding hydrogens is 508 g/mol. The fourth-order valence-electron chi connectivity index (χ4n) is 4.44. The Morgan fingerprint density at radius 1 is 1.00 bits per heavy atom. The number of carbonyl (C=O) groups is 1. The highest BCUT2D eigenvalue weighted by Crippen LogP contribution is 2.15. The van der Waals surface area contributed by atoms with Crippen molar-refractivity contribution in [2.75, 3.05) is 6.54 Å². The van der Waals surface area contributed by atoms with E-state index in [2.05, 4.69) is 29.7 Å². The lowest BCUT2D eigenvalue weighted by Crippen LogP contribution is -2.48. The molecule has 4 aromatic rings. The lowest BCUT2D eigenvalue weighted by Gasteiger charge is -2.25. The first-order chi connectivity index (χ1) is 18.3. The number of hydrogen-bond acceptors (Lipinski definition) is 5. The van der Waals surface area contributed by atoms with Crippen molar-refractivity contribution in [1.82, 2.24) is 14.6 Å². The minimum atomic E-state index is -1.01. The second-order valence-corrected chi connectivity index (χ2v) is 10.3. The van der Waals surface area contributed by atoms with Crippen LogP contribution >= 0.6 is 11.5 Å². The van der Waals surface area contributed by atoms with Crippen molar-refractivity contribution < 1.29 is 18.7 Å². The van der Waals surface area contributed by atoms with E-state index in [1.807, 2.05) is 24.3 Å². The van der Waals surface area contributed by atoms with Crippen molar-refractivity contribution in [3.05, 3.63) is 105 Å². The number of amides is 1. The van der Waals surface area contributed by atoms with Crippen LogP contribution in [0.25, 0.3) is 10.9 Å². The zero-order valence-electron chi connectivity index (χ0n) is 21.1. The molecule has 0 spiro atoms. The summed E-state index contributed by atoms with van der Waals surface area (Å²) in [5, 5.41) is 17.6. The summed E-state index contributed by atoms with van der Waals surface area (Å²) in [6.07, 6.45) is 0.0360. The van der Waals surface area contributed by atoms with Crippen molar-refractivity contribution in [3.63, 3.8) is 0 Å². The predicted molar refractivity (Wildman–Crippen MR) is 146 cm³/mol. The third-order valence-corrected chi connectivity index (χ3v) is 7.38. The van der Waals surface area contributed by atoms with Crippen LogP contribution in [0.15, 0.2) is 71.5 Å². The number of aryl methyl sites for hydroxylation is 2. The Balaban J connectivity index is 1.41. The lowest BCUT2D eigenvalue weighted by atomic mass is 10.00. The highest BCUT2D eigenvalue weighted by atomic mass is 32.1. The summed E-state index contributed by atoms with van der Waals surface area (Å²) < 4.78 is 29.3. The molecule has 4 rings (SSSR count). The molecule has 0 aliphatic carbocycles. The number of hydrogen-bond donors (Lipinski definition) is 3. The fourth-order valence-corrected chi connectivity index (χ4v) is 5.35. The van der Waals surface area contributed by atoms with Gasteiger partial charge < -0.3 is 15.7 Å². The second-order valence-electron chi connectivity index (χ2n) is 9.28. The largest absolute Gasteiger partial charge is 0.390 e. The Labute approximate surface area is 224 Å². The van der Waals surface area contributed by atoms with Gasteiger partial charge in [-0.3, -0.25) is 13.5 Å². The number of nitrogens with one attached hydrogen (secondary N) is 2. The van der Waals surface area contributed by atoms with E-state index in [9.17, 15) is 23.5 Å². The van der Waals surface area contributed by atoms with E-state index in [-0.39, 0.29) is 30.0 Å². The quantitative estimate of drug-likeness (QED) is 0.252. The normalized spacial score (nSPS) is 12.9. The maximum Gasteiger partial charge on any atom is 0.257 e. The summed E-state index contributed by atoms with van der Waals surface area (Å²) in [4.78, 5) is 25.1. The molecule has 1 heterocycles. The van der Waals surface area contributed by atoms with Crippen molar-refractivity contribution in [3.8, 4) is 0 Å². The van der Waals surface area contributed by atoms with Gasteiger partial charge in [0.15, 0.2) is 0 Å². The van der Waals surface area contributed by atoms with Crippen molar-refractivity contribution in [2.24, 2.45) is 0 Å². The minimum absolute atomic E-state index is 0.0500. The van der Waals surface area contributed by atoms with E-state index in [4.69, 9.17) is 0 Å². The summed E-state index contributed by atoms with van der Waals surface area (Å²) in [5.74, 6) is -1.77. The monoisotopic (exact) mass is 539 g/mol. The Kier molecular flexibility index (Phi) is 9.38. The van der Waals surface area contributed by atoms with Crippen LogP contribution in [-0.2, 0) is 30.7 Å². The first-order valence-electron chi connectivity index (χ1n) is 12.6. The van der Waals surface area contributed by atoms with Gasteiger partial charge in [0.25, 0.3) is 4.74 Å². The summed E-state index contributed by atoms with van der Waals surface area (Å²) in [6, 6.07) is 17.7. The molecule has 200 valence electrons. The summed E-state index contributed by atoms with van der Waals surface area (Å²) in [5.41, 5.74) is 3.38. The highest BCUT2D eigenvalue weighted by molar-refractivity contribution is 7.05. The van der Waals surface area contributed by atoms with E-state index in [0.717, 1.165) is 35.1 Å². The third kappa shape index (κ3) is 7.34. The SMILES string of the molecule is CCc1cccc(CNC[C@@H](O)[C@H](Cc2cc(F)cc(F)c2)NC(=O)CCn2sc(=O)c3ccccc32)c1. The molecule has 2 atom stereocenters. The van der Waals surface area contributed by atoms with Gasteiger partial charge >= 0.3 is 0 Å². The number of aliphatic hydroxyl groups excluding tert-OH is 1. The average molecular weight is 540 g/mol. The zero-order chi connectivity index (χ0) is 27.1. The van der Waals surface area contributed by atoms with Gasteiger partial charge in [-0.15, -0.1) is 0 Å². The number of carbonyl (C=O) groups excluding carboxylic acids is 1. The van der Waals surface area contributed by atoms with Gasteiger partial charge in [-0.05, 0) is 65.3 Å². The Morgan fingerprint density at radius 2 is 1.74 bits per heavy atom. The second kappa shape index (κ2) is 12.9. The molecule has 0 radical (unpaired) electrons. The molecule has 1 aromatic heterocycles. The van der Waals surface area contributed by atoms with Gasteiger partial charge in [0.05, 0.1) is 23.0 Å². The zero-order valence-corrected chi connectivity index (χ0v) is 21.9. The topological polar surface area (TPSA) is 83.4 Å². The van der Waals surface area contributed by atoms with Crippen LogP contribution in [0.2, 0.25) is 0 Å². The number of rotatable bonds is 12. The maximum absolute atomic E-state index is 13.8. The van der Waals surface area contributed by atoms with Gasteiger partial charge in [0, 0.05) is 32.1 Å². The van der Waals surface area contributed by atoms with Gasteiger partial charge in [0.1, 0.15) is 11.6 Å². The van der Waals surface area contributed by atoms with Crippen molar-refractivity contribution >= 4 is 28.3 Å². The fraction of sp³-hybridized carbons (Fsp3) is 0.310. The molecule has 1 amide bonds. The van der Waals surface area contributed by atoms with E-state index in [1.165, 1.54) is 17.7 Å². The van der Waals surface area contributed by atoms with Gasteiger partial charge in [-0.2, -0.15) is 0 Å². The van der Waals surface area contributed by atoms with Gasteiger partial charge in [-0.1, -0.05) is 43.3 Å². The molecule has 0 saturated carbocycles. The predicted octanol–water partition coefficient (Wildman–Crippen LogP) is 4.17. The molecule has 9 heteroatoms. The number of para-hydroxylation sites is 1. The van der Waals surface area contributed by atoms with Crippen molar-refractivity contribution in [2.45, 2.75) is 51.4 Å². The molecule has 38 heavy (non-hydrogen) atoms. The maximum atomic E-state index is 13.8. The minimum Gasteiger partial charge on any atom is -0.390 e. The van der Waals surface area contributed by atoms with E-state index >= 15 is 0 Å². The number of halogens is 2. The van der Waals surface area contributed by atoms with Crippen LogP contribution in [0, 0.1) is 11.6 Å². The van der Waals surface area contributed by atoms with E-state index in [1.54, 1.807) is 16.1 Å². The Hall–Kier alpha value is -3.40. The lowest BCUT2D eigenvalue weighted by molar-refractivity contribution is -0.122. The summed E-state index contributed by atoms with van der Waals surface area (Å²) in [7, 11) is 0. The van der Waals surface area contributed by atoms with Crippen LogP contribution < -0.4 is 15.4 Å². The number of benzene rings is 3. The van der Waals surface area contributed by atoms with Gasteiger partial charge in [0.2, 0.25) is 5.91 Å². The number of aromatic nitrogens is 1. The molecule has 3 N–H and O–H groups in total. The first kappa shape index (κ1) is 27.6. The van der Waals surface area contributed by atoms with Crippen LogP contribution in [0.5, 0.6) is 0 Å². The molecule has 0 saturated heterocycles. The van der Waals surface area contributed by atoms with Crippen LogP contribution in [0.1, 0.15) is 30.0 Å². The first-order valence-corrected chi connectivity index (χ1v) is 13.4. The van der Waals surface area contributed by atoms with E-state index in [0.29, 0.717) is 24.0 Å². The van der Waals surface area contributed by atoms with Gasteiger partial charge in [-0.25, -0.2) is 8.78 Å². The van der Waals surface area contributed by atoms with Crippen LogP contribution in [-0.4, -0.2) is 33.7 Å². The number of fused-ring (bicyclic) bond motifs is 1. The molecule has 0 aliphatic rings. The average Bonchev–Trinajstić information content (AvgIpc) is 3.22. The third-order valence-electron chi connectivity index (χ3n) is 6.40. The Morgan fingerprint density at radius 3 is 2.50 bits per heavy atom. The molecule has 0 fully saturated rings. The van der Waals surface area contributed by atoms with Crippen LogP contribution in [0.3, 0.4) is 0 Å². The molecular formula is C29H31F2N3O3S. The molecule has 0 aliphatic heterocycles. The molecule has 0 bridgehead atoms. The summed E-state index contributed by atoms with van der Waals surface area (Å²) in [6.45, 7) is 3.07. The number of aliphatic hydroxyl groups is 1. The van der Waals surface area contributed by atoms with E-state index < -0.39 is 23.8 Å². The van der Waals surface area contributed by atoms with Crippen molar-refractivity contribution in [1.29, 1.82) is 0 Å².